The van der Waals surface area contributed by atoms with Crippen LogP contribution in [0.25, 0.3) is 0 Å². The van der Waals surface area contributed by atoms with E-state index in [1.165, 1.54) is 0 Å². The molecule has 0 bridgehead atoms. The van der Waals surface area contributed by atoms with Crippen molar-refractivity contribution >= 4 is 17.5 Å². The highest BCUT2D eigenvalue weighted by Crippen LogP contribution is 2.29. The molecule has 0 radical (unpaired) electrons. The van der Waals surface area contributed by atoms with Crippen LogP contribution in [0.4, 0.5) is 5.69 Å². The van der Waals surface area contributed by atoms with Crippen molar-refractivity contribution < 1.29 is 14.8 Å². The molecule has 2 aromatic carbocycles. The minimum atomic E-state index is -0.524. The van der Waals surface area contributed by atoms with Gasteiger partial charge in [-0.2, -0.15) is 0 Å². The van der Waals surface area contributed by atoms with Crippen molar-refractivity contribution in [3.05, 3.63) is 64.7 Å². The third-order valence-corrected chi connectivity index (χ3v) is 4.27. The Labute approximate surface area is 139 Å². The van der Waals surface area contributed by atoms with E-state index in [1.54, 1.807) is 23.7 Å². The first-order chi connectivity index (χ1) is 11.6. The van der Waals surface area contributed by atoms with E-state index in [0.717, 1.165) is 36.2 Å². The lowest BCUT2D eigenvalue weighted by atomic mass is 9.98. The number of fused-ring (bicyclic) bond motifs is 1. The number of anilines is 1. The predicted octanol–water partition coefficient (Wildman–Crippen LogP) is 1.86. The minimum absolute atomic E-state index is 0.409. The number of amides is 2. The average Bonchev–Trinajstić information content (AvgIpc) is 2.61. The Morgan fingerprint density at radius 3 is 2.50 bits per heavy atom. The van der Waals surface area contributed by atoms with Gasteiger partial charge in [0.15, 0.2) is 0 Å². The average molecular weight is 325 g/mol. The van der Waals surface area contributed by atoms with Gasteiger partial charge in [-0.05, 0) is 54.3 Å². The Hall–Kier alpha value is -2.86. The van der Waals surface area contributed by atoms with Crippen LogP contribution in [0.1, 0.15) is 38.3 Å². The van der Waals surface area contributed by atoms with Crippen LogP contribution in [-0.4, -0.2) is 23.6 Å². The molecule has 1 aliphatic heterocycles. The van der Waals surface area contributed by atoms with Crippen molar-refractivity contribution in [3.63, 3.8) is 0 Å². The summed E-state index contributed by atoms with van der Waals surface area (Å²) in [7, 11) is 0. The minimum Gasteiger partial charge on any atom is -0.367 e. The van der Waals surface area contributed by atoms with Crippen LogP contribution in [-0.2, 0) is 13.0 Å². The zero-order chi connectivity index (χ0) is 17.1. The molecule has 2 amide bonds. The van der Waals surface area contributed by atoms with E-state index >= 15 is 0 Å². The molecule has 6 nitrogen and oxygen atoms in total. The van der Waals surface area contributed by atoms with Gasteiger partial charge in [-0.15, -0.1) is 0 Å². The maximum atomic E-state index is 11.4. The SMILES string of the molecule is NC(=O)c1ccc2c(c1)CCCN2Cc1ccc(C(=O)NO)cc1. The summed E-state index contributed by atoms with van der Waals surface area (Å²) >= 11 is 0. The van der Waals surface area contributed by atoms with E-state index in [4.69, 9.17) is 10.9 Å². The van der Waals surface area contributed by atoms with E-state index < -0.39 is 11.8 Å². The second-order valence-corrected chi connectivity index (χ2v) is 5.87. The van der Waals surface area contributed by atoms with Crippen molar-refractivity contribution in [2.24, 2.45) is 5.73 Å². The molecular formula is C18H19N3O3. The van der Waals surface area contributed by atoms with Crippen LogP contribution in [0.15, 0.2) is 42.5 Å². The van der Waals surface area contributed by atoms with Gasteiger partial charge in [0.1, 0.15) is 0 Å². The van der Waals surface area contributed by atoms with Gasteiger partial charge < -0.3 is 10.6 Å². The molecule has 0 saturated heterocycles. The molecular weight excluding hydrogens is 306 g/mol. The first-order valence-electron chi connectivity index (χ1n) is 7.79. The number of nitrogens with one attached hydrogen (secondary N) is 1. The maximum Gasteiger partial charge on any atom is 0.274 e. The van der Waals surface area contributed by atoms with Gasteiger partial charge in [-0.1, -0.05) is 12.1 Å². The lowest BCUT2D eigenvalue weighted by Gasteiger charge is -2.31. The van der Waals surface area contributed by atoms with Crippen molar-refractivity contribution in [3.8, 4) is 0 Å². The summed E-state index contributed by atoms with van der Waals surface area (Å²) in [5.41, 5.74) is 11.2. The van der Waals surface area contributed by atoms with Crippen LogP contribution in [0.2, 0.25) is 0 Å². The van der Waals surface area contributed by atoms with Gasteiger partial charge in [0, 0.05) is 29.9 Å². The summed E-state index contributed by atoms with van der Waals surface area (Å²) in [4.78, 5) is 24.9. The van der Waals surface area contributed by atoms with E-state index in [2.05, 4.69) is 4.90 Å². The lowest BCUT2D eigenvalue weighted by Crippen LogP contribution is -2.29. The predicted molar refractivity (Wildman–Crippen MR) is 90.0 cm³/mol. The Bertz CT molecular complexity index is 772. The molecule has 0 fully saturated rings. The van der Waals surface area contributed by atoms with E-state index in [9.17, 15) is 9.59 Å². The molecule has 1 aliphatic rings. The summed E-state index contributed by atoms with van der Waals surface area (Å²) in [6.45, 7) is 1.64. The normalized spacial score (nSPS) is 13.3. The quantitative estimate of drug-likeness (QED) is 0.590. The fourth-order valence-electron chi connectivity index (χ4n) is 3.04. The number of hydrogen-bond acceptors (Lipinski definition) is 4. The highest BCUT2D eigenvalue weighted by molar-refractivity contribution is 5.94. The summed E-state index contributed by atoms with van der Waals surface area (Å²) in [6.07, 6.45) is 1.95. The van der Waals surface area contributed by atoms with Gasteiger partial charge in [0.2, 0.25) is 5.91 Å². The van der Waals surface area contributed by atoms with Gasteiger partial charge in [0.25, 0.3) is 5.91 Å². The zero-order valence-corrected chi connectivity index (χ0v) is 13.2. The van der Waals surface area contributed by atoms with E-state index in [-0.39, 0.29) is 0 Å². The molecule has 4 N–H and O–H groups in total. The third kappa shape index (κ3) is 3.23. The number of carbonyl (C=O) groups excluding carboxylic acids is 2. The number of primary amides is 1. The molecule has 0 atom stereocenters. The summed E-state index contributed by atoms with van der Waals surface area (Å²) in [6, 6.07) is 12.7. The Kier molecular flexibility index (Phi) is 4.48. The smallest absolute Gasteiger partial charge is 0.274 e. The van der Waals surface area contributed by atoms with Crippen molar-refractivity contribution in [2.45, 2.75) is 19.4 Å². The molecule has 2 aromatic rings. The maximum absolute atomic E-state index is 11.4. The summed E-state index contributed by atoms with van der Waals surface area (Å²) in [5.74, 6) is -0.934. The number of nitrogens with zero attached hydrogens (tertiary/aromatic N) is 1. The van der Waals surface area contributed by atoms with E-state index in [1.807, 2.05) is 24.3 Å². The van der Waals surface area contributed by atoms with Crippen LogP contribution in [0, 0.1) is 0 Å². The molecule has 0 spiro atoms. The topological polar surface area (TPSA) is 95.7 Å². The first kappa shape index (κ1) is 16.0. The fraction of sp³-hybridized carbons (Fsp3) is 0.222. The van der Waals surface area contributed by atoms with E-state index in [0.29, 0.717) is 17.7 Å². The molecule has 3 rings (SSSR count). The number of hydroxylamine groups is 1. The number of nitrogens with two attached hydrogens (primary N) is 1. The highest BCUT2D eigenvalue weighted by Gasteiger charge is 2.18. The summed E-state index contributed by atoms with van der Waals surface area (Å²) < 4.78 is 0. The second kappa shape index (κ2) is 6.72. The Morgan fingerprint density at radius 1 is 1.12 bits per heavy atom. The molecule has 0 saturated carbocycles. The van der Waals surface area contributed by atoms with Crippen molar-refractivity contribution in [1.82, 2.24) is 5.48 Å². The molecule has 6 heteroatoms. The lowest BCUT2D eigenvalue weighted by molar-refractivity contribution is 0.0706. The number of carbonyl (C=O) groups is 2. The van der Waals surface area contributed by atoms with Gasteiger partial charge >= 0.3 is 0 Å². The highest BCUT2D eigenvalue weighted by atomic mass is 16.5. The van der Waals surface area contributed by atoms with Crippen LogP contribution < -0.4 is 16.1 Å². The van der Waals surface area contributed by atoms with Gasteiger partial charge in [0.05, 0.1) is 0 Å². The van der Waals surface area contributed by atoms with Gasteiger partial charge in [-0.3, -0.25) is 14.8 Å². The number of rotatable bonds is 4. The van der Waals surface area contributed by atoms with Crippen LogP contribution in [0.5, 0.6) is 0 Å². The Morgan fingerprint density at radius 2 is 1.83 bits per heavy atom. The van der Waals surface area contributed by atoms with Crippen molar-refractivity contribution in [1.29, 1.82) is 0 Å². The molecule has 0 unspecified atom stereocenters. The molecule has 0 aromatic heterocycles. The first-order valence-corrected chi connectivity index (χ1v) is 7.79. The molecule has 1 heterocycles. The number of benzene rings is 2. The number of hydrogen-bond donors (Lipinski definition) is 3. The molecule has 0 aliphatic carbocycles. The van der Waals surface area contributed by atoms with Gasteiger partial charge in [-0.25, -0.2) is 5.48 Å². The zero-order valence-electron chi connectivity index (χ0n) is 13.2. The number of aryl methyl sites for hydroxylation is 1. The largest absolute Gasteiger partial charge is 0.367 e. The Balaban J connectivity index is 1.80. The van der Waals surface area contributed by atoms with Crippen LogP contribution in [0.3, 0.4) is 0 Å². The fourth-order valence-corrected chi connectivity index (χ4v) is 3.04. The monoisotopic (exact) mass is 325 g/mol. The van der Waals surface area contributed by atoms with Crippen LogP contribution >= 0.6 is 0 Å². The summed E-state index contributed by atoms with van der Waals surface area (Å²) in [5, 5.41) is 8.65. The van der Waals surface area contributed by atoms with Crippen molar-refractivity contribution in [2.75, 3.05) is 11.4 Å². The standard InChI is InChI=1S/C18H19N3O3/c19-17(22)15-7-8-16-14(10-15)2-1-9-21(16)11-12-3-5-13(6-4-12)18(23)20-24/h3-8,10,24H,1-2,9,11H2,(H2,19,22)(H,20,23). The second-order valence-electron chi connectivity index (χ2n) is 5.87. The molecule has 24 heavy (non-hydrogen) atoms. The third-order valence-electron chi connectivity index (χ3n) is 4.27. The molecule has 124 valence electrons.